The van der Waals surface area contributed by atoms with E-state index in [9.17, 15) is 9.59 Å². The Labute approximate surface area is 80.7 Å². The molecule has 0 aliphatic heterocycles. The van der Waals surface area contributed by atoms with Crippen LogP contribution in [0.5, 0.6) is 0 Å². The molecule has 0 atom stereocenters. The summed E-state index contributed by atoms with van der Waals surface area (Å²) in [6.07, 6.45) is 0.900. The van der Waals surface area contributed by atoms with Crippen molar-refractivity contribution in [3.05, 3.63) is 42.0 Å². The van der Waals surface area contributed by atoms with E-state index in [1.807, 2.05) is 0 Å². The van der Waals surface area contributed by atoms with Gasteiger partial charge in [0.25, 0.3) is 0 Å². The molecule has 0 fully saturated rings. The lowest BCUT2D eigenvalue weighted by molar-refractivity contribution is -0.130. The van der Waals surface area contributed by atoms with Crippen LogP contribution in [0, 0.1) is 0 Å². The standard InChI is InChI=1S/C10H9NO3/c11-9(12)6-8(10(13)14)7-4-2-1-3-5-7/h1-6H,(H2,11,12)(H,13,14). The first-order valence-corrected chi connectivity index (χ1v) is 3.91. The number of carboxylic acids is 1. The van der Waals surface area contributed by atoms with Gasteiger partial charge in [0, 0.05) is 6.08 Å². The van der Waals surface area contributed by atoms with Gasteiger partial charge in [-0.1, -0.05) is 30.3 Å². The summed E-state index contributed by atoms with van der Waals surface area (Å²) >= 11 is 0. The first-order valence-electron chi connectivity index (χ1n) is 3.91. The number of carbonyl (C=O) groups excluding carboxylic acids is 1. The minimum atomic E-state index is -1.17. The second-order valence-corrected chi connectivity index (χ2v) is 2.63. The molecule has 0 saturated carbocycles. The van der Waals surface area contributed by atoms with Crippen LogP contribution < -0.4 is 5.73 Å². The van der Waals surface area contributed by atoms with Gasteiger partial charge in [-0.3, -0.25) is 4.79 Å². The molecule has 0 aromatic heterocycles. The van der Waals surface area contributed by atoms with Gasteiger partial charge < -0.3 is 10.8 Å². The quantitative estimate of drug-likeness (QED) is 0.688. The SMILES string of the molecule is NC(=O)C=C(C(=O)O)c1ccccc1. The van der Waals surface area contributed by atoms with Crippen molar-refractivity contribution < 1.29 is 14.7 Å². The lowest BCUT2D eigenvalue weighted by Crippen LogP contribution is -2.10. The Kier molecular flexibility index (Phi) is 3.01. The summed E-state index contributed by atoms with van der Waals surface area (Å²) in [5.74, 6) is -1.94. The zero-order valence-corrected chi connectivity index (χ0v) is 7.31. The molecule has 14 heavy (non-hydrogen) atoms. The molecule has 0 aliphatic rings. The highest BCUT2D eigenvalue weighted by atomic mass is 16.4. The zero-order chi connectivity index (χ0) is 10.6. The van der Waals surface area contributed by atoms with Crippen LogP contribution in [0.2, 0.25) is 0 Å². The average Bonchev–Trinajstić information content (AvgIpc) is 2.15. The fourth-order valence-corrected chi connectivity index (χ4v) is 1.03. The number of carbonyl (C=O) groups is 2. The van der Waals surface area contributed by atoms with Crippen molar-refractivity contribution in [1.82, 2.24) is 0 Å². The van der Waals surface area contributed by atoms with Crippen LogP contribution in [-0.4, -0.2) is 17.0 Å². The number of carboxylic acid groups (broad SMARTS) is 1. The predicted octanol–water partition coefficient (Wildman–Crippen LogP) is 0.640. The van der Waals surface area contributed by atoms with Crippen molar-refractivity contribution in [2.45, 2.75) is 0 Å². The highest BCUT2D eigenvalue weighted by molar-refractivity contribution is 6.20. The van der Waals surface area contributed by atoms with Crippen LogP contribution in [0.15, 0.2) is 36.4 Å². The molecule has 1 aromatic rings. The summed E-state index contributed by atoms with van der Waals surface area (Å²) in [5.41, 5.74) is 5.25. The van der Waals surface area contributed by atoms with Crippen molar-refractivity contribution in [2.24, 2.45) is 5.73 Å². The normalized spacial score (nSPS) is 11.0. The van der Waals surface area contributed by atoms with Gasteiger partial charge in [0.05, 0.1) is 5.57 Å². The smallest absolute Gasteiger partial charge is 0.336 e. The Morgan fingerprint density at radius 2 is 1.79 bits per heavy atom. The van der Waals surface area contributed by atoms with Gasteiger partial charge in [0.15, 0.2) is 0 Å². The molecule has 0 saturated heterocycles. The number of hydrogen-bond acceptors (Lipinski definition) is 2. The lowest BCUT2D eigenvalue weighted by atomic mass is 10.1. The van der Waals surface area contributed by atoms with Crippen LogP contribution in [-0.2, 0) is 9.59 Å². The molecule has 0 radical (unpaired) electrons. The summed E-state index contributed by atoms with van der Waals surface area (Å²) in [4.78, 5) is 21.3. The van der Waals surface area contributed by atoms with Crippen molar-refractivity contribution in [2.75, 3.05) is 0 Å². The third kappa shape index (κ3) is 2.45. The van der Waals surface area contributed by atoms with E-state index in [4.69, 9.17) is 10.8 Å². The Hall–Kier alpha value is -2.10. The Morgan fingerprint density at radius 3 is 2.21 bits per heavy atom. The number of primary amides is 1. The Bertz CT molecular complexity index is 382. The van der Waals surface area contributed by atoms with Crippen molar-refractivity contribution in [3.8, 4) is 0 Å². The zero-order valence-electron chi connectivity index (χ0n) is 7.31. The van der Waals surface area contributed by atoms with E-state index in [-0.39, 0.29) is 5.57 Å². The summed E-state index contributed by atoms with van der Waals surface area (Å²) in [7, 11) is 0. The fourth-order valence-electron chi connectivity index (χ4n) is 1.03. The van der Waals surface area contributed by atoms with Crippen LogP contribution in [0.1, 0.15) is 5.56 Å². The predicted molar refractivity (Wildman–Crippen MR) is 51.2 cm³/mol. The van der Waals surface area contributed by atoms with Crippen molar-refractivity contribution in [1.29, 1.82) is 0 Å². The van der Waals surface area contributed by atoms with Crippen LogP contribution in [0.4, 0.5) is 0 Å². The summed E-state index contributed by atoms with van der Waals surface area (Å²) in [5, 5.41) is 8.80. The van der Waals surface area contributed by atoms with Gasteiger partial charge in [-0.25, -0.2) is 4.79 Å². The van der Waals surface area contributed by atoms with Crippen LogP contribution in [0.25, 0.3) is 5.57 Å². The maximum atomic E-state index is 10.8. The molecule has 1 rings (SSSR count). The molecule has 0 unspecified atom stereocenters. The maximum Gasteiger partial charge on any atom is 0.336 e. The van der Waals surface area contributed by atoms with Gasteiger partial charge in [0.1, 0.15) is 0 Å². The second kappa shape index (κ2) is 4.23. The highest BCUT2D eigenvalue weighted by Gasteiger charge is 2.10. The third-order valence-corrected chi connectivity index (χ3v) is 1.60. The number of aliphatic carboxylic acids is 1. The van der Waals surface area contributed by atoms with E-state index >= 15 is 0 Å². The van der Waals surface area contributed by atoms with Gasteiger partial charge in [-0.2, -0.15) is 0 Å². The van der Waals surface area contributed by atoms with Gasteiger partial charge >= 0.3 is 5.97 Å². The second-order valence-electron chi connectivity index (χ2n) is 2.63. The average molecular weight is 191 g/mol. The molecule has 0 spiro atoms. The van der Waals surface area contributed by atoms with E-state index in [0.717, 1.165) is 6.08 Å². The van der Waals surface area contributed by atoms with E-state index in [1.165, 1.54) is 0 Å². The molecule has 0 bridgehead atoms. The fraction of sp³-hybridized carbons (Fsp3) is 0. The molecule has 4 nitrogen and oxygen atoms in total. The number of hydrogen-bond donors (Lipinski definition) is 2. The number of benzene rings is 1. The van der Waals surface area contributed by atoms with Gasteiger partial charge in [0.2, 0.25) is 5.91 Å². The van der Waals surface area contributed by atoms with E-state index < -0.39 is 11.9 Å². The molecule has 0 heterocycles. The van der Waals surface area contributed by atoms with E-state index in [2.05, 4.69) is 0 Å². The summed E-state index contributed by atoms with van der Waals surface area (Å²) in [6.45, 7) is 0. The summed E-state index contributed by atoms with van der Waals surface area (Å²) < 4.78 is 0. The topological polar surface area (TPSA) is 80.4 Å². The Morgan fingerprint density at radius 1 is 1.21 bits per heavy atom. The van der Waals surface area contributed by atoms with Crippen LogP contribution in [0.3, 0.4) is 0 Å². The van der Waals surface area contributed by atoms with Crippen molar-refractivity contribution in [3.63, 3.8) is 0 Å². The minimum absolute atomic E-state index is 0.0990. The van der Waals surface area contributed by atoms with Crippen molar-refractivity contribution >= 4 is 17.4 Å². The summed E-state index contributed by atoms with van der Waals surface area (Å²) in [6, 6.07) is 8.33. The first-order chi connectivity index (χ1) is 6.61. The molecular formula is C10H9NO3. The Balaban J connectivity index is 3.14. The van der Waals surface area contributed by atoms with Crippen LogP contribution >= 0.6 is 0 Å². The molecule has 72 valence electrons. The molecule has 3 N–H and O–H groups in total. The molecule has 4 heteroatoms. The molecular weight excluding hydrogens is 182 g/mol. The third-order valence-electron chi connectivity index (χ3n) is 1.60. The lowest BCUT2D eigenvalue weighted by Gasteiger charge is -2.00. The minimum Gasteiger partial charge on any atom is -0.478 e. The monoisotopic (exact) mass is 191 g/mol. The maximum absolute atomic E-state index is 10.8. The number of amides is 1. The number of nitrogens with two attached hydrogens (primary N) is 1. The molecule has 1 aromatic carbocycles. The van der Waals surface area contributed by atoms with Gasteiger partial charge in [-0.15, -0.1) is 0 Å². The van der Waals surface area contributed by atoms with E-state index in [0.29, 0.717) is 5.56 Å². The first kappa shape index (κ1) is 9.98. The highest BCUT2D eigenvalue weighted by Crippen LogP contribution is 2.13. The number of rotatable bonds is 3. The largest absolute Gasteiger partial charge is 0.478 e. The van der Waals surface area contributed by atoms with E-state index in [1.54, 1.807) is 30.3 Å². The van der Waals surface area contributed by atoms with Gasteiger partial charge in [-0.05, 0) is 5.56 Å². The molecule has 1 amide bonds. The molecule has 0 aliphatic carbocycles.